The summed E-state index contributed by atoms with van der Waals surface area (Å²) in [5.74, 6) is 0.499. The van der Waals surface area contributed by atoms with Crippen LogP contribution in [0.3, 0.4) is 0 Å². The number of benzene rings is 2. The van der Waals surface area contributed by atoms with Crippen molar-refractivity contribution in [3.8, 4) is 17.1 Å². The molecule has 158 valence electrons. The first-order chi connectivity index (χ1) is 14.8. The van der Waals surface area contributed by atoms with Crippen LogP contribution in [0.2, 0.25) is 0 Å². The maximum Gasteiger partial charge on any atom is 0.183 e. The molecule has 0 amide bonds. The molecular weight excluding hydrogens is 391 g/mol. The van der Waals surface area contributed by atoms with Crippen molar-refractivity contribution in [3.63, 3.8) is 0 Å². The highest BCUT2D eigenvalue weighted by molar-refractivity contribution is 5.63. The van der Waals surface area contributed by atoms with Gasteiger partial charge in [0.25, 0.3) is 0 Å². The van der Waals surface area contributed by atoms with E-state index in [4.69, 9.17) is 0 Å². The third-order valence-electron chi connectivity index (χ3n) is 5.27. The molecule has 0 fully saturated rings. The lowest BCUT2D eigenvalue weighted by molar-refractivity contribution is 0.574. The van der Waals surface area contributed by atoms with Crippen LogP contribution in [0, 0.1) is 5.82 Å². The quantitative estimate of drug-likeness (QED) is 0.460. The van der Waals surface area contributed by atoms with E-state index >= 15 is 0 Å². The Morgan fingerprint density at radius 1 is 1.03 bits per heavy atom. The number of hydrogen-bond acceptors (Lipinski definition) is 5. The van der Waals surface area contributed by atoms with Crippen LogP contribution in [-0.2, 0) is 5.54 Å². The number of anilines is 1. The van der Waals surface area contributed by atoms with Crippen LogP contribution < -0.4 is 5.32 Å². The highest BCUT2D eigenvalue weighted by Gasteiger charge is 2.23. The van der Waals surface area contributed by atoms with Gasteiger partial charge in [-0.3, -0.25) is 0 Å². The second kappa shape index (κ2) is 8.26. The summed E-state index contributed by atoms with van der Waals surface area (Å²) in [6.07, 6.45) is 4.64. The van der Waals surface area contributed by atoms with E-state index in [1.165, 1.54) is 6.20 Å². The number of rotatable bonds is 6. The molecule has 4 rings (SSSR count). The number of nitrogens with one attached hydrogen (secondary N) is 1. The van der Waals surface area contributed by atoms with Gasteiger partial charge in [-0.1, -0.05) is 55.5 Å². The summed E-state index contributed by atoms with van der Waals surface area (Å²) in [6, 6.07) is 15.8. The Bertz CT molecular complexity index is 1170. The third-order valence-corrected chi connectivity index (χ3v) is 5.27. The smallest absolute Gasteiger partial charge is 0.183 e. The molecule has 0 aliphatic carbocycles. The van der Waals surface area contributed by atoms with Gasteiger partial charge in [-0.15, -0.1) is 5.10 Å². The first-order valence-corrected chi connectivity index (χ1v) is 10.2. The fourth-order valence-electron chi connectivity index (χ4n) is 3.53. The standard InChI is InChI=1S/C24H25FN6/c1-16(2)19-7-5-6-8-20(19)22-26-15-21(25)23(28-22)29-24(3,4)17-9-11-18(12-10-17)31-14-13-27-30-31/h5-16H,1-4H3,(H,26,28,29). The Morgan fingerprint density at radius 2 is 1.77 bits per heavy atom. The monoisotopic (exact) mass is 416 g/mol. The van der Waals surface area contributed by atoms with Crippen molar-refractivity contribution in [1.29, 1.82) is 0 Å². The van der Waals surface area contributed by atoms with Gasteiger partial charge in [0.15, 0.2) is 17.5 Å². The number of nitrogens with zero attached hydrogens (tertiary/aromatic N) is 5. The van der Waals surface area contributed by atoms with E-state index in [1.807, 2.05) is 56.3 Å². The minimum atomic E-state index is -0.565. The lowest BCUT2D eigenvalue weighted by atomic mass is 9.94. The average Bonchev–Trinajstić information content (AvgIpc) is 3.30. The fraction of sp³-hybridized carbons (Fsp3) is 0.250. The zero-order valence-corrected chi connectivity index (χ0v) is 18.0. The molecule has 2 aromatic heterocycles. The van der Waals surface area contributed by atoms with Crippen LogP contribution in [0.4, 0.5) is 10.2 Å². The molecule has 0 spiro atoms. The Labute approximate surface area is 181 Å². The van der Waals surface area contributed by atoms with Gasteiger partial charge in [-0.25, -0.2) is 19.0 Å². The van der Waals surface area contributed by atoms with E-state index in [1.54, 1.807) is 17.1 Å². The minimum Gasteiger partial charge on any atom is -0.359 e. The zero-order valence-electron chi connectivity index (χ0n) is 18.0. The molecule has 1 N–H and O–H groups in total. The van der Waals surface area contributed by atoms with Gasteiger partial charge in [0.2, 0.25) is 0 Å². The van der Waals surface area contributed by atoms with Gasteiger partial charge in [0.1, 0.15) is 0 Å². The SMILES string of the molecule is CC(C)c1ccccc1-c1ncc(F)c(NC(C)(C)c2ccc(-n3ccnn3)cc2)n1. The molecule has 0 atom stereocenters. The second-order valence-corrected chi connectivity index (χ2v) is 8.28. The van der Waals surface area contributed by atoms with Crippen molar-refractivity contribution in [2.75, 3.05) is 5.32 Å². The Kier molecular flexibility index (Phi) is 5.50. The lowest BCUT2D eigenvalue weighted by Crippen LogP contribution is -2.29. The molecule has 0 radical (unpaired) electrons. The summed E-state index contributed by atoms with van der Waals surface area (Å²) in [4.78, 5) is 8.79. The minimum absolute atomic E-state index is 0.175. The van der Waals surface area contributed by atoms with Crippen LogP contribution in [-0.4, -0.2) is 25.0 Å². The van der Waals surface area contributed by atoms with Crippen LogP contribution in [0.15, 0.2) is 67.1 Å². The van der Waals surface area contributed by atoms with Crippen molar-refractivity contribution >= 4 is 5.82 Å². The molecule has 4 aromatic rings. The summed E-state index contributed by atoms with van der Waals surface area (Å²) >= 11 is 0. The molecule has 0 saturated heterocycles. The first-order valence-electron chi connectivity index (χ1n) is 10.2. The largest absolute Gasteiger partial charge is 0.359 e. The summed E-state index contributed by atoms with van der Waals surface area (Å²) in [5.41, 5.74) is 3.36. The molecule has 6 nitrogen and oxygen atoms in total. The Morgan fingerprint density at radius 3 is 2.45 bits per heavy atom. The highest BCUT2D eigenvalue weighted by atomic mass is 19.1. The third kappa shape index (κ3) is 4.30. The van der Waals surface area contributed by atoms with Crippen LogP contribution in [0.5, 0.6) is 0 Å². The first kappa shape index (κ1) is 20.7. The highest BCUT2D eigenvalue weighted by Crippen LogP contribution is 2.30. The molecule has 0 unspecified atom stereocenters. The number of halogens is 1. The molecule has 2 aromatic carbocycles. The van der Waals surface area contributed by atoms with E-state index in [0.29, 0.717) is 11.7 Å². The van der Waals surface area contributed by atoms with Crippen molar-refractivity contribution in [3.05, 3.63) is 84.1 Å². The molecule has 7 heteroatoms. The maximum absolute atomic E-state index is 14.6. The van der Waals surface area contributed by atoms with Gasteiger partial charge >= 0.3 is 0 Å². The van der Waals surface area contributed by atoms with Gasteiger partial charge in [-0.05, 0) is 43.0 Å². The predicted molar refractivity (Wildman–Crippen MR) is 120 cm³/mol. The van der Waals surface area contributed by atoms with Crippen molar-refractivity contribution in [2.24, 2.45) is 0 Å². The fourth-order valence-corrected chi connectivity index (χ4v) is 3.53. The Balaban J connectivity index is 1.64. The maximum atomic E-state index is 14.6. The van der Waals surface area contributed by atoms with Gasteiger partial charge in [0, 0.05) is 5.56 Å². The predicted octanol–water partition coefficient (Wildman–Crippen LogP) is 5.33. The average molecular weight is 417 g/mol. The van der Waals surface area contributed by atoms with Crippen molar-refractivity contribution in [1.82, 2.24) is 25.0 Å². The van der Waals surface area contributed by atoms with Gasteiger partial charge in [0.05, 0.1) is 29.8 Å². The normalized spacial score (nSPS) is 11.7. The summed E-state index contributed by atoms with van der Waals surface area (Å²) in [7, 11) is 0. The van der Waals surface area contributed by atoms with Gasteiger partial charge in [-0.2, -0.15) is 0 Å². The topological polar surface area (TPSA) is 68.5 Å². The lowest BCUT2D eigenvalue weighted by Gasteiger charge is -2.28. The van der Waals surface area contributed by atoms with Crippen LogP contribution in [0.1, 0.15) is 44.7 Å². The zero-order chi connectivity index (χ0) is 22.0. The van der Waals surface area contributed by atoms with E-state index in [9.17, 15) is 4.39 Å². The molecule has 31 heavy (non-hydrogen) atoms. The van der Waals surface area contributed by atoms with Crippen LogP contribution >= 0.6 is 0 Å². The molecule has 0 aliphatic heterocycles. The van der Waals surface area contributed by atoms with E-state index < -0.39 is 11.4 Å². The number of aromatic nitrogens is 5. The summed E-state index contributed by atoms with van der Waals surface area (Å²) in [5, 5.41) is 11.1. The van der Waals surface area contributed by atoms with Crippen molar-refractivity contribution in [2.45, 2.75) is 39.2 Å². The van der Waals surface area contributed by atoms with Gasteiger partial charge < -0.3 is 5.32 Å². The van der Waals surface area contributed by atoms with E-state index in [-0.39, 0.29) is 5.82 Å². The summed E-state index contributed by atoms with van der Waals surface area (Å²) < 4.78 is 16.3. The van der Waals surface area contributed by atoms with E-state index in [0.717, 1.165) is 22.4 Å². The summed E-state index contributed by atoms with van der Waals surface area (Å²) in [6.45, 7) is 8.21. The molecule has 0 aliphatic rings. The molecular formula is C24H25FN6. The molecule has 2 heterocycles. The van der Waals surface area contributed by atoms with Crippen molar-refractivity contribution < 1.29 is 4.39 Å². The van der Waals surface area contributed by atoms with E-state index in [2.05, 4.69) is 45.5 Å². The molecule has 0 saturated carbocycles. The number of hydrogen-bond donors (Lipinski definition) is 1. The second-order valence-electron chi connectivity index (χ2n) is 8.28. The molecule has 0 bridgehead atoms. The Hall–Kier alpha value is -3.61. The van der Waals surface area contributed by atoms with Crippen LogP contribution in [0.25, 0.3) is 17.1 Å².